The molecule has 2 heterocycles. The molecule has 9 heteroatoms. The zero-order valence-corrected chi connectivity index (χ0v) is 22.3. The second-order valence-corrected chi connectivity index (χ2v) is 9.90. The fourth-order valence-corrected chi connectivity index (χ4v) is 5.24. The van der Waals surface area contributed by atoms with E-state index in [0.29, 0.717) is 17.0 Å². The molecule has 1 atom stereocenters. The molecule has 35 heavy (non-hydrogen) atoms. The van der Waals surface area contributed by atoms with E-state index in [1.807, 2.05) is 60.7 Å². The van der Waals surface area contributed by atoms with Crippen molar-refractivity contribution >= 4 is 50.4 Å². The number of aliphatic imine (C=N–C) groups is 1. The zero-order chi connectivity index (χ0) is 25.1. The van der Waals surface area contributed by atoms with Crippen LogP contribution in [0, 0.1) is 13.8 Å². The number of esters is 1. The number of rotatable bonds is 7. The van der Waals surface area contributed by atoms with E-state index in [1.54, 1.807) is 19.9 Å². The number of amidine groups is 1. The van der Waals surface area contributed by atoms with Crippen molar-refractivity contribution in [3.8, 4) is 5.75 Å². The van der Waals surface area contributed by atoms with Gasteiger partial charge in [0.1, 0.15) is 5.75 Å². The monoisotopic (exact) mass is 555 g/mol. The van der Waals surface area contributed by atoms with Crippen LogP contribution in [-0.2, 0) is 14.3 Å². The molecule has 0 aliphatic carbocycles. The van der Waals surface area contributed by atoms with Crippen LogP contribution in [0.25, 0.3) is 0 Å². The van der Waals surface area contributed by atoms with E-state index < -0.39 is 12.0 Å². The molecular formula is C26H26BrN3O4S. The van der Waals surface area contributed by atoms with Crippen LogP contribution in [-0.4, -0.2) is 35.2 Å². The first-order chi connectivity index (χ1) is 16.8. The van der Waals surface area contributed by atoms with Gasteiger partial charge in [-0.25, -0.2) is 9.79 Å². The molecule has 2 aliphatic heterocycles. The number of halogens is 1. The number of para-hydroxylation sites is 1. The second-order valence-electron chi connectivity index (χ2n) is 8.11. The molecule has 0 saturated heterocycles. The van der Waals surface area contributed by atoms with Gasteiger partial charge in [-0.1, -0.05) is 45.9 Å². The summed E-state index contributed by atoms with van der Waals surface area (Å²) in [5.74, 6) is -0.200. The molecule has 0 aromatic heterocycles. The molecule has 0 saturated carbocycles. The molecule has 2 aromatic rings. The number of ether oxygens (including phenoxy) is 2. The quantitative estimate of drug-likeness (QED) is 0.431. The Labute approximate surface area is 217 Å². The summed E-state index contributed by atoms with van der Waals surface area (Å²) < 4.78 is 12.2. The molecule has 0 radical (unpaired) electrons. The summed E-state index contributed by atoms with van der Waals surface area (Å²) in [5.41, 5.74) is 4.50. The Morgan fingerprint density at radius 1 is 1.17 bits per heavy atom. The molecule has 7 nitrogen and oxygen atoms in total. The van der Waals surface area contributed by atoms with E-state index >= 15 is 0 Å². The summed E-state index contributed by atoms with van der Waals surface area (Å²) in [5, 5.41) is 5.63. The highest BCUT2D eigenvalue weighted by molar-refractivity contribution is 9.10. The third kappa shape index (κ3) is 5.31. The van der Waals surface area contributed by atoms with Crippen LogP contribution in [0.3, 0.4) is 0 Å². The average molecular weight is 556 g/mol. The Morgan fingerprint density at radius 3 is 2.63 bits per heavy atom. The number of amides is 1. The molecule has 1 amide bonds. The molecule has 182 valence electrons. The van der Waals surface area contributed by atoms with Crippen LogP contribution >= 0.6 is 27.7 Å². The Kier molecular flexibility index (Phi) is 7.66. The van der Waals surface area contributed by atoms with E-state index in [4.69, 9.17) is 9.47 Å². The van der Waals surface area contributed by atoms with Gasteiger partial charge < -0.3 is 19.7 Å². The highest BCUT2D eigenvalue weighted by atomic mass is 79.9. The SMILES string of the molecule is CCOC(=O)C1=C(C)N=C2SC=CN2[C@@H]1c1cc(Br)ccc1OCC(=O)Nc1c(C)cccc1C. The van der Waals surface area contributed by atoms with Crippen molar-refractivity contribution in [1.82, 2.24) is 4.90 Å². The van der Waals surface area contributed by atoms with E-state index in [1.165, 1.54) is 11.8 Å². The van der Waals surface area contributed by atoms with Gasteiger partial charge in [-0.3, -0.25) is 4.79 Å². The summed E-state index contributed by atoms with van der Waals surface area (Å²) in [6.45, 7) is 7.55. The van der Waals surface area contributed by atoms with Gasteiger partial charge in [-0.05, 0) is 62.4 Å². The van der Waals surface area contributed by atoms with E-state index in [-0.39, 0.29) is 19.1 Å². The number of fused-ring (bicyclic) bond motifs is 1. The number of nitrogens with zero attached hydrogens (tertiary/aromatic N) is 2. The number of carbonyl (C=O) groups is 2. The van der Waals surface area contributed by atoms with E-state index in [0.717, 1.165) is 32.0 Å². The van der Waals surface area contributed by atoms with Crippen LogP contribution in [0.2, 0.25) is 0 Å². The normalized spacial score (nSPS) is 16.7. The minimum Gasteiger partial charge on any atom is -0.483 e. The van der Waals surface area contributed by atoms with Gasteiger partial charge in [0.05, 0.1) is 23.9 Å². The number of hydrogen-bond acceptors (Lipinski definition) is 7. The maximum absolute atomic E-state index is 13.0. The average Bonchev–Trinajstić information content (AvgIpc) is 3.28. The molecule has 0 unspecified atom stereocenters. The van der Waals surface area contributed by atoms with Gasteiger partial charge in [0.2, 0.25) is 0 Å². The summed E-state index contributed by atoms with van der Waals surface area (Å²) >= 11 is 5.02. The zero-order valence-electron chi connectivity index (χ0n) is 19.9. The molecule has 4 rings (SSSR count). The molecular weight excluding hydrogens is 530 g/mol. The van der Waals surface area contributed by atoms with Crippen LogP contribution in [0.1, 0.15) is 36.6 Å². The fraction of sp³-hybridized carbons (Fsp3) is 0.269. The molecule has 2 aliphatic rings. The Morgan fingerprint density at radius 2 is 1.91 bits per heavy atom. The summed E-state index contributed by atoms with van der Waals surface area (Å²) in [4.78, 5) is 32.3. The van der Waals surface area contributed by atoms with Gasteiger partial charge in [-0.15, -0.1) is 0 Å². The van der Waals surface area contributed by atoms with Crippen molar-refractivity contribution < 1.29 is 19.1 Å². The maximum Gasteiger partial charge on any atom is 0.338 e. The van der Waals surface area contributed by atoms with E-state index in [9.17, 15) is 9.59 Å². The first-order valence-electron chi connectivity index (χ1n) is 11.2. The number of anilines is 1. The van der Waals surface area contributed by atoms with Crippen LogP contribution < -0.4 is 10.1 Å². The lowest BCUT2D eigenvalue weighted by molar-refractivity contribution is -0.139. The number of hydrogen-bond donors (Lipinski definition) is 1. The number of carbonyl (C=O) groups excluding carboxylic acids is 2. The molecule has 2 aromatic carbocycles. The van der Waals surface area contributed by atoms with Crippen molar-refractivity contribution in [2.24, 2.45) is 4.99 Å². The standard InChI is InChI=1S/C26H26BrN3O4S/c1-5-33-25(32)22-17(4)28-26-30(11-12-35-26)24(22)19-13-18(27)9-10-20(19)34-14-21(31)29-23-15(2)7-6-8-16(23)3/h6-13,24H,5,14H2,1-4H3,(H,29,31)/t24-/m1/s1. The lowest BCUT2D eigenvalue weighted by Gasteiger charge is -2.34. The Balaban J connectivity index is 1.65. The number of thioether (sulfide) groups is 1. The predicted molar refractivity (Wildman–Crippen MR) is 142 cm³/mol. The Bertz CT molecular complexity index is 1250. The maximum atomic E-state index is 13.0. The lowest BCUT2D eigenvalue weighted by atomic mass is 9.94. The van der Waals surface area contributed by atoms with Gasteiger partial charge in [-0.2, -0.15) is 0 Å². The summed E-state index contributed by atoms with van der Waals surface area (Å²) in [7, 11) is 0. The van der Waals surface area contributed by atoms with Gasteiger partial charge in [0.15, 0.2) is 11.8 Å². The van der Waals surface area contributed by atoms with Crippen molar-refractivity contribution in [1.29, 1.82) is 0 Å². The van der Waals surface area contributed by atoms with Crippen molar-refractivity contribution in [3.05, 3.63) is 80.4 Å². The predicted octanol–water partition coefficient (Wildman–Crippen LogP) is 5.85. The topological polar surface area (TPSA) is 80.2 Å². The lowest BCUT2D eigenvalue weighted by Crippen LogP contribution is -2.34. The van der Waals surface area contributed by atoms with Gasteiger partial charge in [0.25, 0.3) is 5.91 Å². The van der Waals surface area contributed by atoms with Crippen LogP contribution in [0.15, 0.2) is 68.7 Å². The summed E-state index contributed by atoms with van der Waals surface area (Å²) in [6.07, 6.45) is 1.89. The highest BCUT2D eigenvalue weighted by Gasteiger charge is 2.39. The van der Waals surface area contributed by atoms with Crippen molar-refractivity contribution in [2.75, 3.05) is 18.5 Å². The summed E-state index contributed by atoms with van der Waals surface area (Å²) in [6, 6.07) is 10.9. The molecule has 0 spiro atoms. The second kappa shape index (κ2) is 10.7. The van der Waals surface area contributed by atoms with Crippen molar-refractivity contribution in [3.63, 3.8) is 0 Å². The highest BCUT2D eigenvalue weighted by Crippen LogP contribution is 2.44. The number of nitrogens with one attached hydrogen (secondary N) is 1. The molecule has 1 N–H and O–H groups in total. The van der Waals surface area contributed by atoms with Crippen molar-refractivity contribution in [2.45, 2.75) is 33.7 Å². The first-order valence-corrected chi connectivity index (χ1v) is 12.8. The third-order valence-electron chi connectivity index (χ3n) is 5.69. The van der Waals surface area contributed by atoms with Gasteiger partial charge in [0, 0.05) is 21.9 Å². The minimum atomic E-state index is -0.512. The minimum absolute atomic E-state index is 0.182. The number of allylic oxidation sites excluding steroid dienone is 1. The number of benzene rings is 2. The van der Waals surface area contributed by atoms with E-state index in [2.05, 4.69) is 26.2 Å². The fourth-order valence-electron chi connectivity index (χ4n) is 4.07. The van der Waals surface area contributed by atoms with Crippen LogP contribution in [0.5, 0.6) is 5.75 Å². The molecule has 0 fully saturated rings. The third-order valence-corrected chi connectivity index (χ3v) is 6.95. The van der Waals surface area contributed by atoms with Crippen LogP contribution in [0.4, 0.5) is 5.69 Å². The van der Waals surface area contributed by atoms with Gasteiger partial charge >= 0.3 is 5.97 Å². The number of aryl methyl sites for hydroxylation is 2. The Hall–Kier alpha value is -3.04. The molecule has 0 bridgehead atoms. The smallest absolute Gasteiger partial charge is 0.338 e. The first kappa shape index (κ1) is 25.1. The largest absolute Gasteiger partial charge is 0.483 e.